The van der Waals surface area contributed by atoms with Gasteiger partial charge in [-0.15, -0.1) is 11.3 Å². The van der Waals surface area contributed by atoms with Gasteiger partial charge in [0.2, 0.25) is 0 Å². The number of ether oxygens (including phenoxy) is 1. The van der Waals surface area contributed by atoms with Crippen molar-refractivity contribution in [1.29, 1.82) is 0 Å². The highest BCUT2D eigenvalue weighted by Crippen LogP contribution is 2.26. The first kappa shape index (κ1) is 16.0. The smallest absolute Gasteiger partial charge is 0.261 e. The molecule has 0 saturated heterocycles. The lowest BCUT2D eigenvalue weighted by Gasteiger charge is -2.16. The van der Waals surface area contributed by atoms with Crippen molar-refractivity contribution in [2.75, 3.05) is 19.7 Å². The van der Waals surface area contributed by atoms with Crippen LogP contribution in [0.3, 0.4) is 0 Å². The molecule has 2 heterocycles. The first-order valence-corrected chi connectivity index (χ1v) is 9.35. The van der Waals surface area contributed by atoms with Gasteiger partial charge in [0, 0.05) is 30.4 Å². The normalized spacial score (nSPS) is 19.5. The number of fused-ring (bicyclic) bond motifs is 1. The molecule has 1 aliphatic carbocycles. The summed E-state index contributed by atoms with van der Waals surface area (Å²) in [4.78, 5) is 14.3. The number of hydrogen-bond donors (Lipinski definition) is 2. The number of carbonyl (C=O) groups excluding carboxylic acids is 1. The van der Waals surface area contributed by atoms with Crippen molar-refractivity contribution in [3.63, 3.8) is 0 Å². The molecule has 1 aromatic rings. The van der Waals surface area contributed by atoms with E-state index in [4.69, 9.17) is 4.74 Å². The minimum absolute atomic E-state index is 0.0575. The highest BCUT2D eigenvalue weighted by atomic mass is 32.1. The van der Waals surface area contributed by atoms with Crippen LogP contribution < -0.4 is 10.6 Å². The predicted octanol–water partition coefficient (Wildman–Crippen LogP) is 2.86. The summed E-state index contributed by atoms with van der Waals surface area (Å²) >= 11 is 1.62. The molecule has 0 bridgehead atoms. The summed E-state index contributed by atoms with van der Waals surface area (Å²) in [7, 11) is 0. The summed E-state index contributed by atoms with van der Waals surface area (Å²) < 4.78 is 5.43. The molecule has 1 saturated carbocycles. The maximum atomic E-state index is 12.2. The summed E-state index contributed by atoms with van der Waals surface area (Å²) in [5, 5.41) is 6.62. The molecule has 22 heavy (non-hydrogen) atoms. The molecule has 2 aliphatic rings. The van der Waals surface area contributed by atoms with Gasteiger partial charge >= 0.3 is 0 Å². The lowest BCUT2D eigenvalue weighted by atomic mass is 10.1. The third-order valence-electron chi connectivity index (χ3n) is 4.55. The van der Waals surface area contributed by atoms with Crippen molar-refractivity contribution >= 4 is 17.2 Å². The SMILES string of the molecule is O=C(NCCNC1CCCCCC1)c1cc2c(s1)CCOC2. The monoisotopic (exact) mass is 322 g/mol. The molecule has 0 aromatic carbocycles. The maximum absolute atomic E-state index is 12.2. The predicted molar refractivity (Wildman–Crippen MR) is 89.5 cm³/mol. The average Bonchev–Trinajstić information content (AvgIpc) is 2.81. The number of hydrogen-bond acceptors (Lipinski definition) is 4. The van der Waals surface area contributed by atoms with Crippen molar-refractivity contribution in [2.24, 2.45) is 0 Å². The quantitative estimate of drug-likeness (QED) is 0.647. The summed E-state index contributed by atoms with van der Waals surface area (Å²) in [6.45, 7) is 3.00. The van der Waals surface area contributed by atoms with Crippen LogP contribution in [-0.2, 0) is 17.8 Å². The lowest BCUT2D eigenvalue weighted by molar-refractivity contribution is 0.0957. The van der Waals surface area contributed by atoms with Crippen molar-refractivity contribution in [2.45, 2.75) is 57.6 Å². The van der Waals surface area contributed by atoms with Crippen molar-refractivity contribution < 1.29 is 9.53 Å². The van der Waals surface area contributed by atoms with E-state index in [-0.39, 0.29) is 5.91 Å². The Morgan fingerprint density at radius 2 is 2.05 bits per heavy atom. The first-order valence-electron chi connectivity index (χ1n) is 8.54. The molecule has 4 nitrogen and oxygen atoms in total. The van der Waals surface area contributed by atoms with E-state index < -0.39 is 0 Å². The number of rotatable bonds is 5. The molecule has 0 radical (unpaired) electrons. The highest BCUT2D eigenvalue weighted by molar-refractivity contribution is 7.14. The Bertz CT molecular complexity index is 469. The van der Waals surface area contributed by atoms with Crippen LogP contribution in [0.25, 0.3) is 0 Å². The van der Waals surface area contributed by atoms with Crippen LogP contribution in [0.5, 0.6) is 0 Å². The van der Waals surface area contributed by atoms with Gasteiger partial charge in [-0.25, -0.2) is 0 Å². The molecule has 0 unspecified atom stereocenters. The molecule has 122 valence electrons. The van der Waals surface area contributed by atoms with Crippen LogP contribution in [-0.4, -0.2) is 31.6 Å². The average molecular weight is 322 g/mol. The van der Waals surface area contributed by atoms with Crippen LogP contribution in [0.4, 0.5) is 0 Å². The second-order valence-corrected chi connectivity index (χ2v) is 7.40. The van der Waals surface area contributed by atoms with Crippen LogP contribution in [0.2, 0.25) is 0 Å². The molecule has 0 spiro atoms. The largest absolute Gasteiger partial charge is 0.376 e. The summed E-state index contributed by atoms with van der Waals surface area (Å²) in [6, 6.07) is 2.64. The molecular weight excluding hydrogens is 296 g/mol. The van der Waals surface area contributed by atoms with Gasteiger partial charge in [-0.1, -0.05) is 25.7 Å². The molecule has 5 heteroatoms. The Kier molecular flexibility index (Phi) is 5.87. The van der Waals surface area contributed by atoms with Crippen LogP contribution >= 0.6 is 11.3 Å². The third kappa shape index (κ3) is 4.31. The van der Waals surface area contributed by atoms with Crippen molar-refractivity contribution in [1.82, 2.24) is 10.6 Å². The number of nitrogens with one attached hydrogen (secondary N) is 2. The Balaban J connectivity index is 1.39. The van der Waals surface area contributed by atoms with Crippen LogP contribution in [0.15, 0.2) is 6.07 Å². The Morgan fingerprint density at radius 1 is 1.23 bits per heavy atom. The van der Waals surface area contributed by atoms with E-state index in [9.17, 15) is 4.79 Å². The Morgan fingerprint density at radius 3 is 2.82 bits per heavy atom. The van der Waals surface area contributed by atoms with Gasteiger partial charge in [0.05, 0.1) is 18.1 Å². The van der Waals surface area contributed by atoms with E-state index in [1.807, 2.05) is 6.07 Å². The summed E-state index contributed by atoms with van der Waals surface area (Å²) in [5.41, 5.74) is 1.19. The molecule has 1 fully saturated rings. The summed E-state index contributed by atoms with van der Waals surface area (Å²) in [5.74, 6) is 0.0575. The fourth-order valence-corrected chi connectivity index (χ4v) is 4.35. The Hall–Kier alpha value is -0.910. The lowest BCUT2D eigenvalue weighted by Crippen LogP contribution is -2.36. The fourth-order valence-electron chi connectivity index (χ4n) is 3.28. The van der Waals surface area contributed by atoms with Gasteiger partial charge in [-0.3, -0.25) is 4.79 Å². The van der Waals surface area contributed by atoms with E-state index in [0.29, 0.717) is 19.2 Å². The zero-order valence-electron chi connectivity index (χ0n) is 13.2. The molecule has 1 amide bonds. The van der Waals surface area contributed by atoms with E-state index in [1.54, 1.807) is 11.3 Å². The molecule has 0 atom stereocenters. The molecule has 1 aromatic heterocycles. The zero-order valence-corrected chi connectivity index (χ0v) is 14.0. The molecular formula is C17H26N2O2S. The standard InChI is InChI=1S/C17H26N2O2S/c20-17(16-11-13-12-21-10-7-15(13)22-16)19-9-8-18-14-5-3-1-2-4-6-14/h11,14,18H,1-10,12H2,(H,19,20). The van der Waals surface area contributed by atoms with Gasteiger partial charge in [0.15, 0.2) is 0 Å². The van der Waals surface area contributed by atoms with Gasteiger partial charge < -0.3 is 15.4 Å². The van der Waals surface area contributed by atoms with Gasteiger partial charge in [-0.05, 0) is 24.5 Å². The Labute approximate surface area is 136 Å². The van der Waals surface area contributed by atoms with Crippen molar-refractivity contribution in [3.05, 3.63) is 21.4 Å². The molecule has 1 aliphatic heterocycles. The van der Waals surface area contributed by atoms with Crippen LogP contribution in [0, 0.1) is 0 Å². The zero-order chi connectivity index (χ0) is 15.2. The van der Waals surface area contributed by atoms with Gasteiger partial charge in [-0.2, -0.15) is 0 Å². The molecule has 2 N–H and O–H groups in total. The third-order valence-corrected chi connectivity index (χ3v) is 5.79. The second kappa shape index (κ2) is 8.09. The second-order valence-electron chi connectivity index (χ2n) is 6.26. The van der Waals surface area contributed by atoms with Gasteiger partial charge in [0.1, 0.15) is 0 Å². The topological polar surface area (TPSA) is 50.4 Å². The van der Waals surface area contributed by atoms with Crippen molar-refractivity contribution in [3.8, 4) is 0 Å². The van der Waals surface area contributed by atoms with E-state index in [0.717, 1.165) is 24.4 Å². The first-order chi connectivity index (χ1) is 10.8. The van der Waals surface area contributed by atoms with Crippen LogP contribution in [0.1, 0.15) is 58.6 Å². The number of carbonyl (C=O) groups is 1. The van der Waals surface area contributed by atoms with Gasteiger partial charge in [0.25, 0.3) is 5.91 Å². The van der Waals surface area contributed by atoms with E-state index >= 15 is 0 Å². The van der Waals surface area contributed by atoms with E-state index in [1.165, 1.54) is 49.0 Å². The number of thiophene rings is 1. The molecule has 3 rings (SSSR count). The summed E-state index contributed by atoms with van der Waals surface area (Å²) in [6.07, 6.45) is 8.94. The minimum atomic E-state index is 0.0575. The fraction of sp³-hybridized carbons (Fsp3) is 0.706. The minimum Gasteiger partial charge on any atom is -0.376 e. The maximum Gasteiger partial charge on any atom is 0.261 e. The highest BCUT2D eigenvalue weighted by Gasteiger charge is 2.17. The van der Waals surface area contributed by atoms with E-state index in [2.05, 4.69) is 10.6 Å². The number of amides is 1.